The fourth-order valence-corrected chi connectivity index (χ4v) is 2.10. The lowest BCUT2D eigenvalue weighted by molar-refractivity contribution is 0.853. The van der Waals surface area contributed by atoms with E-state index in [1.807, 2.05) is 13.1 Å². The summed E-state index contributed by atoms with van der Waals surface area (Å²) in [6, 6.07) is 1.68. The Bertz CT molecular complexity index is 525. The van der Waals surface area contributed by atoms with Crippen molar-refractivity contribution in [3.8, 4) is 0 Å². The zero-order valence-corrected chi connectivity index (χ0v) is 11.5. The zero-order chi connectivity index (χ0) is 13.0. The van der Waals surface area contributed by atoms with Crippen LogP contribution in [0.2, 0.25) is 10.0 Å². The molecule has 2 rings (SSSR count). The molecule has 0 aliphatic heterocycles. The average Bonchev–Trinajstić information content (AvgIpc) is 2.73. The van der Waals surface area contributed by atoms with Crippen molar-refractivity contribution in [3.05, 3.63) is 39.8 Å². The fourth-order valence-electron chi connectivity index (χ4n) is 1.66. The largest absolute Gasteiger partial charge is 0.369 e. The van der Waals surface area contributed by atoms with Gasteiger partial charge in [-0.3, -0.25) is 5.10 Å². The highest BCUT2D eigenvalue weighted by atomic mass is 35.5. The minimum Gasteiger partial charge on any atom is -0.369 e. The third-order valence-corrected chi connectivity index (χ3v) is 3.15. The molecule has 4 nitrogen and oxygen atoms in total. The SMILES string of the molecule is Cc1[nH]ncc1CCCNc1ncc(Cl)cc1Cl. The van der Waals surface area contributed by atoms with Crippen LogP contribution in [0.1, 0.15) is 17.7 Å². The fraction of sp³-hybridized carbons (Fsp3) is 0.333. The van der Waals surface area contributed by atoms with Crippen molar-refractivity contribution in [2.24, 2.45) is 0 Å². The Hall–Kier alpha value is -1.26. The normalized spacial score (nSPS) is 10.6. The highest BCUT2D eigenvalue weighted by molar-refractivity contribution is 6.35. The van der Waals surface area contributed by atoms with Crippen molar-refractivity contribution in [2.45, 2.75) is 19.8 Å². The molecule has 0 saturated carbocycles. The molecule has 96 valence electrons. The van der Waals surface area contributed by atoms with Gasteiger partial charge in [0.05, 0.1) is 16.2 Å². The molecule has 0 aliphatic carbocycles. The van der Waals surface area contributed by atoms with Crippen LogP contribution in [0.5, 0.6) is 0 Å². The van der Waals surface area contributed by atoms with Gasteiger partial charge in [-0.2, -0.15) is 5.10 Å². The van der Waals surface area contributed by atoms with Crippen molar-refractivity contribution >= 4 is 29.0 Å². The van der Waals surface area contributed by atoms with Crippen LogP contribution in [-0.4, -0.2) is 21.7 Å². The Labute approximate surface area is 116 Å². The molecule has 6 heteroatoms. The molecule has 0 saturated heterocycles. The molecule has 0 unspecified atom stereocenters. The summed E-state index contributed by atoms with van der Waals surface area (Å²) in [6.45, 7) is 2.83. The van der Waals surface area contributed by atoms with Crippen molar-refractivity contribution in [3.63, 3.8) is 0 Å². The number of anilines is 1. The van der Waals surface area contributed by atoms with E-state index in [4.69, 9.17) is 23.2 Å². The van der Waals surface area contributed by atoms with Crippen LogP contribution in [0.3, 0.4) is 0 Å². The van der Waals surface area contributed by atoms with Gasteiger partial charge in [-0.15, -0.1) is 0 Å². The Kier molecular flexibility index (Phi) is 4.44. The molecule has 0 atom stereocenters. The first kappa shape index (κ1) is 13.2. The monoisotopic (exact) mass is 284 g/mol. The van der Waals surface area contributed by atoms with E-state index in [-0.39, 0.29) is 0 Å². The number of H-pyrrole nitrogens is 1. The predicted molar refractivity (Wildman–Crippen MR) is 74.4 cm³/mol. The van der Waals surface area contributed by atoms with Gasteiger partial charge in [0.25, 0.3) is 0 Å². The Morgan fingerprint density at radius 2 is 2.17 bits per heavy atom. The first-order valence-corrected chi connectivity index (χ1v) is 6.46. The molecule has 0 bridgehead atoms. The number of hydrogen-bond donors (Lipinski definition) is 2. The number of aryl methyl sites for hydroxylation is 2. The number of aromatic nitrogens is 3. The quantitative estimate of drug-likeness (QED) is 0.827. The van der Waals surface area contributed by atoms with Gasteiger partial charge in [0.2, 0.25) is 0 Å². The Balaban J connectivity index is 1.80. The van der Waals surface area contributed by atoms with Crippen molar-refractivity contribution in [2.75, 3.05) is 11.9 Å². The van der Waals surface area contributed by atoms with Crippen LogP contribution in [0.15, 0.2) is 18.5 Å². The van der Waals surface area contributed by atoms with E-state index >= 15 is 0 Å². The Morgan fingerprint density at radius 3 is 2.83 bits per heavy atom. The number of hydrogen-bond acceptors (Lipinski definition) is 3. The van der Waals surface area contributed by atoms with Gasteiger partial charge < -0.3 is 5.32 Å². The van der Waals surface area contributed by atoms with E-state index in [2.05, 4.69) is 20.5 Å². The molecule has 2 aromatic rings. The number of nitrogens with zero attached hydrogens (tertiary/aromatic N) is 2. The van der Waals surface area contributed by atoms with E-state index in [9.17, 15) is 0 Å². The summed E-state index contributed by atoms with van der Waals surface area (Å²) in [7, 11) is 0. The van der Waals surface area contributed by atoms with Crippen LogP contribution in [-0.2, 0) is 6.42 Å². The minimum atomic E-state index is 0.541. The molecular weight excluding hydrogens is 271 g/mol. The van der Waals surface area contributed by atoms with E-state index in [0.717, 1.165) is 25.1 Å². The minimum absolute atomic E-state index is 0.541. The van der Waals surface area contributed by atoms with E-state index < -0.39 is 0 Å². The lowest BCUT2D eigenvalue weighted by Crippen LogP contribution is -2.05. The molecular formula is C12H14Cl2N4. The third-order valence-electron chi connectivity index (χ3n) is 2.66. The lowest BCUT2D eigenvalue weighted by Gasteiger charge is -2.07. The molecule has 2 N–H and O–H groups in total. The topological polar surface area (TPSA) is 53.6 Å². The maximum absolute atomic E-state index is 6.01. The second kappa shape index (κ2) is 6.07. The number of halogens is 2. The summed E-state index contributed by atoms with van der Waals surface area (Å²) >= 11 is 11.8. The molecule has 2 heterocycles. The standard InChI is InChI=1S/C12H14Cl2N4/c1-8-9(6-17-18-8)3-2-4-15-12-11(14)5-10(13)7-16-12/h5-7H,2-4H2,1H3,(H,15,16)(H,17,18). The van der Waals surface area contributed by atoms with Gasteiger partial charge in [0.1, 0.15) is 5.82 Å². The molecule has 0 fully saturated rings. The lowest BCUT2D eigenvalue weighted by atomic mass is 10.1. The first-order chi connectivity index (χ1) is 8.66. The number of aromatic amines is 1. The number of pyridine rings is 1. The second-order valence-corrected chi connectivity index (χ2v) is 4.88. The van der Waals surface area contributed by atoms with Gasteiger partial charge in [0.15, 0.2) is 0 Å². The summed E-state index contributed by atoms with van der Waals surface area (Å²) in [5.74, 6) is 0.671. The average molecular weight is 285 g/mol. The maximum atomic E-state index is 6.01. The van der Waals surface area contributed by atoms with Crippen molar-refractivity contribution in [1.29, 1.82) is 0 Å². The van der Waals surface area contributed by atoms with Crippen molar-refractivity contribution < 1.29 is 0 Å². The van der Waals surface area contributed by atoms with Crippen LogP contribution in [0.4, 0.5) is 5.82 Å². The predicted octanol–water partition coefficient (Wildman–Crippen LogP) is 3.46. The van der Waals surface area contributed by atoms with Crippen molar-refractivity contribution in [1.82, 2.24) is 15.2 Å². The summed E-state index contributed by atoms with van der Waals surface area (Å²) < 4.78 is 0. The van der Waals surface area contributed by atoms with Crippen LogP contribution in [0, 0.1) is 6.92 Å². The number of rotatable bonds is 5. The molecule has 0 aromatic carbocycles. The molecule has 2 aromatic heterocycles. The van der Waals surface area contributed by atoms with Gasteiger partial charge in [0, 0.05) is 18.4 Å². The summed E-state index contributed by atoms with van der Waals surface area (Å²) in [5.41, 5.74) is 2.37. The zero-order valence-electron chi connectivity index (χ0n) is 10.0. The molecule has 0 amide bonds. The third kappa shape index (κ3) is 3.37. The molecule has 0 aliphatic rings. The van der Waals surface area contributed by atoms with E-state index in [1.54, 1.807) is 12.3 Å². The summed E-state index contributed by atoms with van der Waals surface area (Å²) in [5, 5.41) is 11.2. The van der Waals surface area contributed by atoms with E-state index in [0.29, 0.717) is 15.9 Å². The van der Waals surface area contributed by atoms with Gasteiger partial charge >= 0.3 is 0 Å². The molecule has 18 heavy (non-hydrogen) atoms. The van der Waals surface area contributed by atoms with Crippen LogP contribution < -0.4 is 5.32 Å². The van der Waals surface area contributed by atoms with Gasteiger partial charge in [-0.1, -0.05) is 23.2 Å². The summed E-state index contributed by atoms with van der Waals surface area (Å²) in [4.78, 5) is 4.14. The van der Waals surface area contributed by atoms with Crippen LogP contribution in [0.25, 0.3) is 0 Å². The summed E-state index contributed by atoms with van der Waals surface area (Å²) in [6.07, 6.45) is 5.40. The molecule has 0 spiro atoms. The Morgan fingerprint density at radius 1 is 1.33 bits per heavy atom. The van der Waals surface area contributed by atoms with Gasteiger partial charge in [-0.05, 0) is 31.4 Å². The number of nitrogens with one attached hydrogen (secondary N) is 2. The smallest absolute Gasteiger partial charge is 0.144 e. The highest BCUT2D eigenvalue weighted by Gasteiger charge is 2.03. The first-order valence-electron chi connectivity index (χ1n) is 5.70. The maximum Gasteiger partial charge on any atom is 0.144 e. The molecule has 0 radical (unpaired) electrons. The second-order valence-electron chi connectivity index (χ2n) is 4.03. The van der Waals surface area contributed by atoms with Crippen LogP contribution >= 0.6 is 23.2 Å². The highest BCUT2D eigenvalue weighted by Crippen LogP contribution is 2.22. The van der Waals surface area contributed by atoms with E-state index in [1.165, 1.54) is 5.56 Å². The van der Waals surface area contributed by atoms with Gasteiger partial charge in [-0.25, -0.2) is 4.98 Å².